The van der Waals surface area contributed by atoms with E-state index in [0.717, 1.165) is 29.8 Å². The van der Waals surface area contributed by atoms with Crippen molar-refractivity contribution in [2.45, 2.75) is 18.8 Å². The molecule has 2 aromatic rings. The van der Waals surface area contributed by atoms with Gasteiger partial charge in [-0.1, -0.05) is 30.3 Å². The highest BCUT2D eigenvalue weighted by atomic mass is 16.1. The molecule has 5 N–H and O–H groups in total. The van der Waals surface area contributed by atoms with Crippen LogP contribution >= 0.6 is 0 Å². The van der Waals surface area contributed by atoms with Crippen molar-refractivity contribution in [1.82, 2.24) is 4.98 Å². The molecule has 6 heteroatoms. The maximum absolute atomic E-state index is 11.6. The third kappa shape index (κ3) is 2.90. The molecule has 1 aromatic heterocycles. The van der Waals surface area contributed by atoms with Crippen molar-refractivity contribution in [3.63, 3.8) is 0 Å². The van der Waals surface area contributed by atoms with Gasteiger partial charge in [-0.05, 0) is 30.4 Å². The first-order valence-corrected chi connectivity index (χ1v) is 7.06. The lowest BCUT2D eigenvalue weighted by Gasteiger charge is -2.25. The molecule has 22 heavy (non-hydrogen) atoms. The van der Waals surface area contributed by atoms with E-state index in [1.807, 2.05) is 18.2 Å². The van der Waals surface area contributed by atoms with Crippen LogP contribution in [0.25, 0.3) is 0 Å². The Bertz CT molecular complexity index is 788. The zero-order valence-corrected chi connectivity index (χ0v) is 12.0. The van der Waals surface area contributed by atoms with Crippen molar-refractivity contribution in [3.05, 3.63) is 69.6 Å². The summed E-state index contributed by atoms with van der Waals surface area (Å²) in [6.07, 6.45) is 1.48. The summed E-state index contributed by atoms with van der Waals surface area (Å²) in [6, 6.07) is 13.4. The Morgan fingerprint density at radius 1 is 1.09 bits per heavy atom. The van der Waals surface area contributed by atoms with E-state index in [1.165, 1.54) is 11.6 Å². The van der Waals surface area contributed by atoms with Gasteiger partial charge in [0.05, 0.1) is 5.71 Å². The summed E-state index contributed by atoms with van der Waals surface area (Å²) >= 11 is 0. The topological polar surface area (TPSA) is 110 Å². The molecule has 1 aliphatic carbocycles. The predicted octanol–water partition coefficient (Wildman–Crippen LogP) is 1.08. The molecular formula is C16H17N5O. The van der Waals surface area contributed by atoms with Crippen LogP contribution in [-0.2, 0) is 6.42 Å². The number of rotatable bonds is 2. The van der Waals surface area contributed by atoms with Crippen LogP contribution in [0.15, 0.2) is 57.5 Å². The first-order valence-electron chi connectivity index (χ1n) is 7.06. The van der Waals surface area contributed by atoms with Crippen molar-refractivity contribution in [2.75, 3.05) is 0 Å². The highest BCUT2D eigenvalue weighted by molar-refractivity contribution is 6.03. The maximum atomic E-state index is 11.6. The van der Waals surface area contributed by atoms with Gasteiger partial charge in [-0.15, -0.1) is 5.10 Å². The normalized spacial score (nSPS) is 18.7. The van der Waals surface area contributed by atoms with Crippen LogP contribution in [0, 0.1) is 0 Å². The summed E-state index contributed by atoms with van der Waals surface area (Å²) in [5.74, 6) is 0.153. The summed E-state index contributed by atoms with van der Waals surface area (Å²) in [5.41, 5.74) is 14.4. The molecule has 1 aromatic carbocycles. The van der Waals surface area contributed by atoms with Crippen LogP contribution in [0.3, 0.4) is 0 Å². The molecule has 1 atom stereocenters. The second-order valence-corrected chi connectivity index (χ2v) is 5.30. The van der Waals surface area contributed by atoms with Crippen molar-refractivity contribution >= 4 is 11.7 Å². The van der Waals surface area contributed by atoms with E-state index in [-0.39, 0.29) is 17.4 Å². The fraction of sp³-hybridized carbons (Fsp3) is 0.188. The smallest absolute Gasteiger partial charge is 0.248 e. The highest BCUT2D eigenvalue weighted by Gasteiger charge is 2.25. The van der Waals surface area contributed by atoms with Crippen LogP contribution < -0.4 is 17.0 Å². The van der Waals surface area contributed by atoms with Gasteiger partial charge in [0.1, 0.15) is 0 Å². The fourth-order valence-corrected chi connectivity index (χ4v) is 2.78. The first-order chi connectivity index (χ1) is 10.6. The van der Waals surface area contributed by atoms with Crippen LogP contribution in [-0.4, -0.2) is 16.7 Å². The number of nitrogens with two attached hydrogens (primary N) is 2. The molecule has 0 bridgehead atoms. The van der Waals surface area contributed by atoms with E-state index in [2.05, 4.69) is 27.3 Å². The van der Waals surface area contributed by atoms with E-state index in [0.29, 0.717) is 0 Å². The Labute approximate surface area is 127 Å². The number of nitrogens with zero attached hydrogens (tertiary/aromatic N) is 2. The molecule has 1 heterocycles. The average Bonchev–Trinajstić information content (AvgIpc) is 2.52. The molecule has 0 fully saturated rings. The average molecular weight is 295 g/mol. The number of pyridine rings is 1. The number of aromatic amines is 1. The molecule has 0 saturated carbocycles. The van der Waals surface area contributed by atoms with Gasteiger partial charge in [0.25, 0.3) is 0 Å². The van der Waals surface area contributed by atoms with Gasteiger partial charge in [-0.3, -0.25) is 4.79 Å². The number of benzene rings is 1. The molecule has 0 aliphatic heterocycles. The first kappa shape index (κ1) is 14.1. The largest absolute Gasteiger partial charge is 0.369 e. The van der Waals surface area contributed by atoms with Crippen molar-refractivity contribution in [2.24, 2.45) is 21.7 Å². The molecule has 0 spiro atoms. The van der Waals surface area contributed by atoms with Gasteiger partial charge in [-0.2, -0.15) is 5.10 Å². The lowest BCUT2D eigenvalue weighted by molar-refractivity contribution is 0.676. The van der Waals surface area contributed by atoms with Crippen molar-refractivity contribution in [3.8, 4) is 0 Å². The van der Waals surface area contributed by atoms with E-state index < -0.39 is 0 Å². The summed E-state index contributed by atoms with van der Waals surface area (Å²) in [4.78, 5) is 14.5. The van der Waals surface area contributed by atoms with Gasteiger partial charge < -0.3 is 16.5 Å². The van der Waals surface area contributed by atoms with Crippen LogP contribution in [0.1, 0.15) is 29.2 Å². The SMILES string of the molecule is NC(N)=NN=C1CC(c2ccccc2)Cc2[nH]c(=O)ccc21. The number of fused-ring (bicyclic) bond motifs is 1. The zero-order chi connectivity index (χ0) is 15.5. The lowest BCUT2D eigenvalue weighted by atomic mass is 9.81. The molecule has 6 nitrogen and oxygen atoms in total. The number of guanidine groups is 1. The van der Waals surface area contributed by atoms with Crippen LogP contribution in [0.4, 0.5) is 0 Å². The van der Waals surface area contributed by atoms with Gasteiger partial charge in [0.15, 0.2) is 0 Å². The molecule has 0 amide bonds. The fourth-order valence-electron chi connectivity index (χ4n) is 2.78. The monoisotopic (exact) mass is 295 g/mol. The highest BCUT2D eigenvalue weighted by Crippen LogP contribution is 2.31. The molecule has 0 radical (unpaired) electrons. The second-order valence-electron chi connectivity index (χ2n) is 5.30. The van der Waals surface area contributed by atoms with Gasteiger partial charge in [-0.25, -0.2) is 0 Å². The third-order valence-electron chi connectivity index (χ3n) is 3.76. The maximum Gasteiger partial charge on any atom is 0.248 e. The summed E-state index contributed by atoms with van der Waals surface area (Å²) < 4.78 is 0. The van der Waals surface area contributed by atoms with Crippen LogP contribution in [0.2, 0.25) is 0 Å². The molecule has 112 valence electrons. The predicted molar refractivity (Wildman–Crippen MR) is 86.9 cm³/mol. The van der Waals surface area contributed by atoms with Crippen molar-refractivity contribution in [1.29, 1.82) is 0 Å². The van der Waals surface area contributed by atoms with Gasteiger partial charge in [0, 0.05) is 17.3 Å². The van der Waals surface area contributed by atoms with E-state index >= 15 is 0 Å². The Morgan fingerprint density at radius 2 is 1.86 bits per heavy atom. The number of hydrogen-bond acceptors (Lipinski definition) is 3. The number of hydrogen-bond donors (Lipinski definition) is 3. The van der Waals surface area contributed by atoms with Crippen molar-refractivity contribution < 1.29 is 0 Å². The summed E-state index contributed by atoms with van der Waals surface area (Å²) in [5, 5.41) is 7.93. The molecular weight excluding hydrogens is 278 g/mol. The number of nitrogens with one attached hydrogen (secondary N) is 1. The molecule has 1 unspecified atom stereocenters. The zero-order valence-electron chi connectivity index (χ0n) is 12.0. The van der Waals surface area contributed by atoms with Gasteiger partial charge >= 0.3 is 0 Å². The summed E-state index contributed by atoms with van der Waals surface area (Å²) in [7, 11) is 0. The van der Waals surface area contributed by atoms with Gasteiger partial charge in [0.2, 0.25) is 11.5 Å². The Morgan fingerprint density at radius 3 is 2.59 bits per heavy atom. The minimum Gasteiger partial charge on any atom is -0.369 e. The second kappa shape index (κ2) is 5.85. The Hall–Kier alpha value is -2.89. The van der Waals surface area contributed by atoms with E-state index in [1.54, 1.807) is 6.07 Å². The standard InChI is InChI=1S/C16H17N5O/c17-16(18)21-20-14-9-11(10-4-2-1-3-5-10)8-13-12(14)6-7-15(22)19-13/h1-7,11H,8-9H2,(H,19,22)(H4,17,18,21). The minimum atomic E-state index is -0.117. The van der Waals surface area contributed by atoms with Crippen LogP contribution in [0.5, 0.6) is 0 Å². The third-order valence-corrected chi connectivity index (χ3v) is 3.76. The Balaban J connectivity index is 2.05. The number of aromatic nitrogens is 1. The molecule has 0 saturated heterocycles. The Kier molecular flexibility index (Phi) is 3.74. The van der Waals surface area contributed by atoms with E-state index in [4.69, 9.17) is 11.5 Å². The molecule has 3 rings (SSSR count). The minimum absolute atomic E-state index is 0.0830. The van der Waals surface area contributed by atoms with E-state index in [9.17, 15) is 4.79 Å². The summed E-state index contributed by atoms with van der Waals surface area (Å²) in [6.45, 7) is 0. The quantitative estimate of drug-likeness (QED) is 0.438. The lowest BCUT2D eigenvalue weighted by Crippen LogP contribution is -2.25. The molecule has 1 aliphatic rings. The number of H-pyrrole nitrogens is 1.